The molecular formula is C10H12BrN3O. The van der Waals surface area contributed by atoms with Crippen molar-refractivity contribution < 1.29 is 5.11 Å². The van der Waals surface area contributed by atoms with E-state index in [9.17, 15) is 5.11 Å². The fourth-order valence-corrected chi connectivity index (χ4v) is 1.71. The first-order valence-electron chi connectivity index (χ1n) is 4.60. The maximum absolute atomic E-state index is 9.60. The first-order chi connectivity index (χ1) is 7.27. The third kappa shape index (κ3) is 3.91. The van der Waals surface area contributed by atoms with E-state index in [1.807, 2.05) is 30.3 Å². The van der Waals surface area contributed by atoms with Crippen LogP contribution in [0.1, 0.15) is 5.56 Å². The van der Waals surface area contributed by atoms with Crippen molar-refractivity contribution in [2.45, 2.75) is 18.6 Å². The summed E-state index contributed by atoms with van der Waals surface area (Å²) in [5, 5.41) is 13.6. The fraction of sp³-hybridized carbons (Fsp3) is 0.400. The summed E-state index contributed by atoms with van der Waals surface area (Å²) in [6.07, 6.45) is -0.0985. The Bertz CT molecular complexity index is 338. The van der Waals surface area contributed by atoms with E-state index in [0.29, 0.717) is 11.8 Å². The third-order valence-corrected chi connectivity index (χ3v) is 2.75. The highest BCUT2D eigenvalue weighted by atomic mass is 79.9. The standard InChI is InChI=1S/C10H12BrN3O/c11-7-10(15)9(13-14-12)6-8-4-2-1-3-5-8/h1-5,9-10,15H,6-7H2/t9-,10?/m0/s1. The largest absolute Gasteiger partial charge is 0.392 e. The van der Waals surface area contributed by atoms with Crippen LogP contribution in [0.15, 0.2) is 35.4 Å². The zero-order chi connectivity index (χ0) is 11.1. The van der Waals surface area contributed by atoms with Crippen LogP contribution in [0, 0.1) is 0 Å². The molecule has 0 heterocycles. The lowest BCUT2D eigenvalue weighted by molar-refractivity contribution is 0.169. The highest BCUT2D eigenvalue weighted by Gasteiger charge is 2.16. The zero-order valence-corrected chi connectivity index (χ0v) is 9.71. The molecule has 0 aliphatic heterocycles. The molecule has 0 fully saturated rings. The van der Waals surface area contributed by atoms with Crippen molar-refractivity contribution in [3.63, 3.8) is 0 Å². The summed E-state index contributed by atoms with van der Waals surface area (Å²) in [6, 6.07) is 9.23. The van der Waals surface area contributed by atoms with Crippen molar-refractivity contribution >= 4 is 15.9 Å². The van der Waals surface area contributed by atoms with E-state index in [1.54, 1.807) is 0 Å². The summed E-state index contributed by atoms with van der Waals surface area (Å²) < 4.78 is 0. The van der Waals surface area contributed by atoms with E-state index >= 15 is 0 Å². The monoisotopic (exact) mass is 269 g/mol. The maximum atomic E-state index is 9.60. The highest BCUT2D eigenvalue weighted by Crippen LogP contribution is 2.11. The van der Waals surface area contributed by atoms with Crippen LogP contribution in [0.5, 0.6) is 0 Å². The van der Waals surface area contributed by atoms with Crippen LogP contribution in [0.4, 0.5) is 0 Å². The van der Waals surface area contributed by atoms with Gasteiger partial charge in [-0.25, -0.2) is 0 Å². The number of aliphatic hydroxyl groups is 1. The van der Waals surface area contributed by atoms with Crippen LogP contribution in [0.3, 0.4) is 0 Å². The number of aliphatic hydroxyl groups excluding tert-OH is 1. The Morgan fingerprint density at radius 2 is 2.07 bits per heavy atom. The molecule has 1 aromatic rings. The number of rotatable bonds is 5. The number of alkyl halides is 1. The van der Waals surface area contributed by atoms with E-state index in [0.717, 1.165) is 5.56 Å². The molecule has 0 amide bonds. The Morgan fingerprint density at radius 3 is 2.60 bits per heavy atom. The number of hydrogen-bond donors (Lipinski definition) is 1. The Kier molecular flexibility index (Phi) is 5.18. The Balaban J connectivity index is 2.71. The summed E-state index contributed by atoms with van der Waals surface area (Å²) in [6.45, 7) is 0. The molecule has 0 aliphatic carbocycles. The second-order valence-corrected chi connectivity index (χ2v) is 3.83. The van der Waals surface area contributed by atoms with Crippen molar-refractivity contribution in [1.29, 1.82) is 0 Å². The molecule has 1 rings (SSSR count). The van der Waals surface area contributed by atoms with E-state index in [2.05, 4.69) is 26.0 Å². The Morgan fingerprint density at radius 1 is 1.40 bits per heavy atom. The van der Waals surface area contributed by atoms with Gasteiger partial charge in [-0.1, -0.05) is 51.4 Å². The quantitative estimate of drug-likeness (QED) is 0.380. The van der Waals surface area contributed by atoms with Crippen molar-refractivity contribution in [1.82, 2.24) is 0 Å². The molecule has 5 heteroatoms. The molecule has 2 atom stereocenters. The van der Waals surface area contributed by atoms with Gasteiger partial charge in [0.15, 0.2) is 0 Å². The van der Waals surface area contributed by atoms with Crippen LogP contribution >= 0.6 is 15.9 Å². The normalized spacial score (nSPS) is 14.0. The summed E-state index contributed by atoms with van der Waals surface area (Å²) in [7, 11) is 0. The number of hydrogen-bond acceptors (Lipinski definition) is 2. The summed E-state index contributed by atoms with van der Waals surface area (Å²) in [5.74, 6) is 0. The molecule has 80 valence electrons. The van der Waals surface area contributed by atoms with Gasteiger partial charge in [-0.2, -0.15) is 0 Å². The predicted molar refractivity (Wildman–Crippen MR) is 62.9 cm³/mol. The van der Waals surface area contributed by atoms with Gasteiger partial charge >= 0.3 is 0 Å². The van der Waals surface area contributed by atoms with Crippen molar-refractivity contribution in [2.24, 2.45) is 5.11 Å². The lowest BCUT2D eigenvalue weighted by Gasteiger charge is -2.15. The number of azide groups is 1. The van der Waals surface area contributed by atoms with Crippen molar-refractivity contribution in [3.8, 4) is 0 Å². The van der Waals surface area contributed by atoms with Crippen LogP contribution in [-0.4, -0.2) is 22.6 Å². The van der Waals surface area contributed by atoms with Crippen LogP contribution in [0.25, 0.3) is 10.4 Å². The van der Waals surface area contributed by atoms with Gasteiger partial charge in [0.2, 0.25) is 0 Å². The minimum Gasteiger partial charge on any atom is -0.392 e. The average Bonchev–Trinajstić information content (AvgIpc) is 2.29. The van der Waals surface area contributed by atoms with Crippen molar-refractivity contribution in [2.75, 3.05) is 5.33 Å². The average molecular weight is 270 g/mol. The molecule has 0 saturated heterocycles. The fourth-order valence-electron chi connectivity index (χ4n) is 1.28. The second kappa shape index (κ2) is 6.45. The molecule has 15 heavy (non-hydrogen) atoms. The molecule has 0 aromatic heterocycles. The second-order valence-electron chi connectivity index (χ2n) is 3.18. The number of halogens is 1. The lowest BCUT2D eigenvalue weighted by Crippen LogP contribution is -2.27. The Hall–Kier alpha value is -1.03. The third-order valence-electron chi connectivity index (χ3n) is 2.09. The van der Waals surface area contributed by atoms with Crippen molar-refractivity contribution in [3.05, 3.63) is 46.3 Å². The molecule has 0 spiro atoms. The first kappa shape index (κ1) is 12.0. The zero-order valence-electron chi connectivity index (χ0n) is 8.12. The van der Waals surface area contributed by atoms with E-state index < -0.39 is 12.1 Å². The molecule has 0 bridgehead atoms. The molecule has 0 saturated carbocycles. The molecule has 4 nitrogen and oxygen atoms in total. The summed E-state index contributed by atoms with van der Waals surface area (Å²) in [4.78, 5) is 2.75. The van der Waals surface area contributed by atoms with Gasteiger partial charge in [-0.05, 0) is 17.5 Å². The van der Waals surface area contributed by atoms with Gasteiger partial charge in [0.1, 0.15) is 0 Å². The molecule has 0 radical (unpaired) electrons. The lowest BCUT2D eigenvalue weighted by atomic mass is 10.0. The minimum atomic E-state index is -0.652. The molecule has 1 N–H and O–H groups in total. The summed E-state index contributed by atoms with van der Waals surface area (Å²) >= 11 is 3.17. The molecular weight excluding hydrogens is 258 g/mol. The molecule has 0 aliphatic rings. The summed E-state index contributed by atoms with van der Waals surface area (Å²) in [5.41, 5.74) is 9.44. The van der Waals surface area contributed by atoms with Gasteiger partial charge in [0.05, 0.1) is 12.1 Å². The van der Waals surface area contributed by atoms with Gasteiger partial charge in [0.25, 0.3) is 0 Å². The van der Waals surface area contributed by atoms with Gasteiger partial charge in [-0.3, -0.25) is 0 Å². The van der Waals surface area contributed by atoms with E-state index in [4.69, 9.17) is 5.53 Å². The van der Waals surface area contributed by atoms with Crippen LogP contribution < -0.4 is 0 Å². The van der Waals surface area contributed by atoms with Crippen LogP contribution in [0.2, 0.25) is 0 Å². The molecule has 1 unspecified atom stereocenters. The Labute approximate surface area is 96.7 Å². The molecule has 1 aromatic carbocycles. The van der Waals surface area contributed by atoms with Gasteiger partial charge < -0.3 is 5.11 Å². The number of benzene rings is 1. The number of nitrogens with zero attached hydrogens (tertiary/aromatic N) is 3. The van der Waals surface area contributed by atoms with Gasteiger partial charge in [-0.15, -0.1) is 0 Å². The predicted octanol–water partition coefficient (Wildman–Crippen LogP) is 2.66. The highest BCUT2D eigenvalue weighted by molar-refractivity contribution is 9.09. The van der Waals surface area contributed by atoms with Gasteiger partial charge in [0, 0.05) is 10.2 Å². The minimum absolute atomic E-state index is 0.406. The smallest absolute Gasteiger partial charge is 0.0724 e. The SMILES string of the molecule is [N-]=[N+]=N[C@@H](Cc1ccccc1)C(O)CBr. The van der Waals surface area contributed by atoms with E-state index in [1.165, 1.54) is 0 Å². The maximum Gasteiger partial charge on any atom is 0.0724 e. The topological polar surface area (TPSA) is 69.0 Å². The van der Waals surface area contributed by atoms with Crippen LogP contribution in [-0.2, 0) is 6.42 Å². The van der Waals surface area contributed by atoms with E-state index in [-0.39, 0.29) is 0 Å². The first-order valence-corrected chi connectivity index (χ1v) is 5.72.